The van der Waals surface area contributed by atoms with Crippen LogP contribution in [0.2, 0.25) is 0 Å². The van der Waals surface area contributed by atoms with Crippen molar-refractivity contribution in [3.8, 4) is 11.1 Å². The van der Waals surface area contributed by atoms with Gasteiger partial charge in [-0.25, -0.2) is 0 Å². The van der Waals surface area contributed by atoms with E-state index in [-0.39, 0.29) is 11.0 Å². The molecule has 0 bridgehead atoms. The number of aromatic nitrogens is 1. The number of hydrogen-bond donors (Lipinski definition) is 1. The Labute approximate surface area is 86.4 Å². The van der Waals surface area contributed by atoms with Gasteiger partial charge in [-0.1, -0.05) is 30.3 Å². The topological polar surface area (TPSA) is 49.9 Å². The monoisotopic (exact) mass is 199 g/mol. The van der Waals surface area contributed by atoms with Gasteiger partial charge in [0.15, 0.2) is 11.7 Å². The molecule has 0 saturated heterocycles. The minimum atomic E-state index is -0.241. The Morgan fingerprint density at radius 3 is 2.47 bits per heavy atom. The molecule has 0 spiro atoms. The lowest BCUT2D eigenvalue weighted by Crippen LogP contribution is -2.10. The van der Waals surface area contributed by atoms with E-state index in [0.717, 1.165) is 5.56 Å². The van der Waals surface area contributed by atoms with Gasteiger partial charge in [0.05, 0.1) is 5.56 Å². The normalized spacial score (nSPS) is 9.87. The van der Waals surface area contributed by atoms with Crippen LogP contribution >= 0.6 is 0 Å². The molecule has 0 atom stereocenters. The number of carbonyl (C=O) groups is 1. The third-order valence-corrected chi connectivity index (χ3v) is 2.19. The SMILES string of the molecule is O=Cc1c[nH]cc(-c2ccccc2)c1=O. The second-order valence-electron chi connectivity index (χ2n) is 3.14. The van der Waals surface area contributed by atoms with Crippen LogP contribution in [0.3, 0.4) is 0 Å². The minimum Gasteiger partial charge on any atom is -0.366 e. The lowest BCUT2D eigenvalue weighted by Gasteiger charge is -2.00. The van der Waals surface area contributed by atoms with Gasteiger partial charge in [0.1, 0.15) is 0 Å². The minimum absolute atomic E-state index is 0.149. The maximum Gasteiger partial charge on any atom is 0.199 e. The summed E-state index contributed by atoms with van der Waals surface area (Å²) >= 11 is 0. The van der Waals surface area contributed by atoms with E-state index in [4.69, 9.17) is 0 Å². The van der Waals surface area contributed by atoms with Gasteiger partial charge in [0.2, 0.25) is 0 Å². The smallest absolute Gasteiger partial charge is 0.199 e. The fourth-order valence-electron chi connectivity index (χ4n) is 1.42. The maximum atomic E-state index is 11.7. The number of carbonyl (C=O) groups excluding carboxylic acids is 1. The molecule has 0 saturated carbocycles. The Kier molecular flexibility index (Phi) is 2.46. The summed E-state index contributed by atoms with van der Waals surface area (Å²) in [6.45, 7) is 0. The average molecular weight is 199 g/mol. The number of H-pyrrole nitrogens is 1. The van der Waals surface area contributed by atoms with E-state index in [0.29, 0.717) is 11.8 Å². The Bertz CT molecular complexity index is 529. The molecule has 0 radical (unpaired) electrons. The van der Waals surface area contributed by atoms with Gasteiger partial charge in [-0.15, -0.1) is 0 Å². The summed E-state index contributed by atoms with van der Waals surface area (Å²) in [6.07, 6.45) is 3.57. The molecule has 1 heterocycles. The fraction of sp³-hybridized carbons (Fsp3) is 0. The van der Waals surface area contributed by atoms with Crippen molar-refractivity contribution >= 4 is 6.29 Å². The Morgan fingerprint density at radius 2 is 1.80 bits per heavy atom. The van der Waals surface area contributed by atoms with Crippen LogP contribution in [0.1, 0.15) is 10.4 Å². The van der Waals surface area contributed by atoms with E-state index in [1.165, 1.54) is 6.20 Å². The van der Waals surface area contributed by atoms with E-state index in [9.17, 15) is 9.59 Å². The molecule has 15 heavy (non-hydrogen) atoms. The maximum absolute atomic E-state index is 11.7. The molecular weight excluding hydrogens is 190 g/mol. The van der Waals surface area contributed by atoms with Crippen molar-refractivity contribution in [3.63, 3.8) is 0 Å². The number of rotatable bonds is 2. The summed E-state index contributed by atoms with van der Waals surface area (Å²) in [6, 6.07) is 9.24. The number of pyridine rings is 1. The molecule has 74 valence electrons. The van der Waals surface area contributed by atoms with Crippen LogP contribution in [0.25, 0.3) is 11.1 Å². The molecule has 0 aliphatic heterocycles. The van der Waals surface area contributed by atoms with Crippen LogP contribution < -0.4 is 5.43 Å². The Morgan fingerprint density at radius 1 is 1.07 bits per heavy atom. The number of hydrogen-bond acceptors (Lipinski definition) is 2. The summed E-state index contributed by atoms with van der Waals surface area (Å²) in [5.41, 5.74) is 1.23. The van der Waals surface area contributed by atoms with Gasteiger partial charge in [0, 0.05) is 18.0 Å². The van der Waals surface area contributed by atoms with Gasteiger partial charge in [-0.2, -0.15) is 0 Å². The van der Waals surface area contributed by atoms with Gasteiger partial charge in [-0.05, 0) is 5.56 Å². The van der Waals surface area contributed by atoms with Crippen molar-refractivity contribution in [2.75, 3.05) is 0 Å². The van der Waals surface area contributed by atoms with Crippen LogP contribution in [0.4, 0.5) is 0 Å². The first-order valence-electron chi connectivity index (χ1n) is 4.54. The summed E-state index contributed by atoms with van der Waals surface area (Å²) in [5.74, 6) is 0. The third kappa shape index (κ3) is 1.72. The quantitative estimate of drug-likeness (QED) is 0.750. The van der Waals surface area contributed by atoms with E-state index in [1.807, 2.05) is 30.3 Å². The molecule has 0 fully saturated rings. The van der Waals surface area contributed by atoms with E-state index < -0.39 is 0 Å². The van der Waals surface area contributed by atoms with Crippen molar-refractivity contribution in [1.29, 1.82) is 0 Å². The van der Waals surface area contributed by atoms with Crippen molar-refractivity contribution in [2.24, 2.45) is 0 Å². The van der Waals surface area contributed by atoms with Crippen molar-refractivity contribution < 1.29 is 4.79 Å². The molecule has 0 unspecified atom stereocenters. The van der Waals surface area contributed by atoms with Gasteiger partial charge in [-0.3, -0.25) is 9.59 Å². The lowest BCUT2D eigenvalue weighted by molar-refractivity contribution is 0.112. The molecule has 3 heteroatoms. The zero-order chi connectivity index (χ0) is 10.7. The summed E-state index contributed by atoms with van der Waals surface area (Å²) in [4.78, 5) is 25.1. The standard InChI is InChI=1S/C12H9NO2/c14-8-10-6-13-7-11(12(10)15)9-4-2-1-3-5-9/h1-8H,(H,13,15). The average Bonchev–Trinajstić information content (AvgIpc) is 2.30. The van der Waals surface area contributed by atoms with Crippen LogP contribution in [0.15, 0.2) is 47.5 Å². The summed E-state index contributed by atoms with van der Waals surface area (Å²) < 4.78 is 0. The first-order valence-corrected chi connectivity index (χ1v) is 4.54. The van der Waals surface area contributed by atoms with Crippen molar-refractivity contribution in [1.82, 2.24) is 4.98 Å². The van der Waals surface area contributed by atoms with Crippen molar-refractivity contribution in [2.45, 2.75) is 0 Å². The zero-order valence-corrected chi connectivity index (χ0v) is 7.94. The molecule has 2 rings (SSSR count). The van der Waals surface area contributed by atoms with Gasteiger partial charge >= 0.3 is 0 Å². The number of aromatic amines is 1. The molecule has 3 nitrogen and oxygen atoms in total. The first-order chi connectivity index (χ1) is 7.33. The van der Waals surface area contributed by atoms with Crippen LogP contribution in [-0.2, 0) is 0 Å². The third-order valence-electron chi connectivity index (χ3n) is 2.19. The van der Waals surface area contributed by atoms with Crippen LogP contribution in [0.5, 0.6) is 0 Å². The Balaban J connectivity index is 2.65. The summed E-state index contributed by atoms with van der Waals surface area (Å²) in [5, 5.41) is 0. The van der Waals surface area contributed by atoms with E-state index >= 15 is 0 Å². The predicted molar refractivity (Wildman–Crippen MR) is 57.9 cm³/mol. The highest BCUT2D eigenvalue weighted by Gasteiger charge is 2.05. The Hall–Kier alpha value is -2.16. The van der Waals surface area contributed by atoms with Crippen molar-refractivity contribution in [3.05, 3.63) is 58.5 Å². The number of benzene rings is 1. The van der Waals surface area contributed by atoms with E-state index in [1.54, 1.807) is 6.20 Å². The highest BCUT2D eigenvalue weighted by atomic mass is 16.1. The molecule has 0 amide bonds. The fourth-order valence-corrected chi connectivity index (χ4v) is 1.42. The molecule has 1 aromatic heterocycles. The molecule has 1 N–H and O–H groups in total. The highest BCUT2D eigenvalue weighted by Crippen LogP contribution is 2.13. The highest BCUT2D eigenvalue weighted by molar-refractivity contribution is 5.77. The molecule has 0 aliphatic carbocycles. The number of nitrogens with one attached hydrogen (secondary N) is 1. The first kappa shape index (κ1) is 9.40. The van der Waals surface area contributed by atoms with Crippen LogP contribution in [-0.4, -0.2) is 11.3 Å². The molecule has 2 aromatic rings. The van der Waals surface area contributed by atoms with E-state index in [2.05, 4.69) is 4.98 Å². The molecular formula is C12H9NO2. The number of aldehydes is 1. The zero-order valence-electron chi connectivity index (χ0n) is 7.94. The van der Waals surface area contributed by atoms with Gasteiger partial charge in [0.25, 0.3) is 0 Å². The second-order valence-corrected chi connectivity index (χ2v) is 3.14. The molecule has 0 aliphatic rings. The second kappa shape index (κ2) is 3.92. The van der Waals surface area contributed by atoms with Crippen LogP contribution in [0, 0.1) is 0 Å². The lowest BCUT2D eigenvalue weighted by atomic mass is 10.1. The van der Waals surface area contributed by atoms with Gasteiger partial charge < -0.3 is 4.98 Å². The predicted octanol–water partition coefficient (Wildman–Crippen LogP) is 1.85. The molecule has 1 aromatic carbocycles. The summed E-state index contributed by atoms with van der Waals surface area (Å²) in [7, 11) is 0. The largest absolute Gasteiger partial charge is 0.366 e.